The molecule has 0 aliphatic rings. The summed E-state index contributed by atoms with van der Waals surface area (Å²) in [4.78, 5) is 0. The van der Waals surface area contributed by atoms with Gasteiger partial charge < -0.3 is 0 Å². The first-order valence-corrected chi connectivity index (χ1v) is 8.76. The fourth-order valence-electron chi connectivity index (χ4n) is 0.409. The van der Waals surface area contributed by atoms with E-state index in [1.165, 1.54) is 21.2 Å². The van der Waals surface area contributed by atoms with E-state index in [2.05, 4.69) is 9.44 Å². The van der Waals surface area contributed by atoms with E-state index in [9.17, 15) is 16.8 Å². The predicted molar refractivity (Wildman–Crippen MR) is 53.8 cm³/mol. The lowest BCUT2D eigenvalue weighted by Gasteiger charge is -2.01. The number of halogens is 1. The third-order valence-electron chi connectivity index (χ3n) is 0.764. The summed E-state index contributed by atoms with van der Waals surface area (Å²) < 4.78 is 46.1. The number of sulfonamides is 1. The SMILES string of the molecule is CS(=O)(=O)NCCNS(=O)(=O)I. The summed E-state index contributed by atoms with van der Waals surface area (Å²) in [5.74, 6) is 0. The van der Waals surface area contributed by atoms with Crippen molar-refractivity contribution in [1.82, 2.24) is 9.44 Å². The second-order valence-electron chi connectivity index (χ2n) is 2.00. The minimum absolute atomic E-state index is 0.0539. The van der Waals surface area contributed by atoms with Crippen LogP contribution in [0.3, 0.4) is 0 Å². The van der Waals surface area contributed by atoms with Gasteiger partial charge in [-0.1, -0.05) is 0 Å². The van der Waals surface area contributed by atoms with Crippen LogP contribution in [0.25, 0.3) is 0 Å². The lowest BCUT2D eigenvalue weighted by molar-refractivity contribution is 0.581. The average Bonchev–Trinajstić information content (AvgIpc) is 1.76. The zero-order chi connectivity index (χ0) is 9.83. The second kappa shape index (κ2) is 4.69. The van der Waals surface area contributed by atoms with Gasteiger partial charge >= 0.3 is 0 Å². The first kappa shape index (κ1) is 12.6. The zero-order valence-electron chi connectivity index (χ0n) is 6.24. The highest BCUT2D eigenvalue weighted by molar-refractivity contribution is 14.2. The molecule has 0 unspecified atom stereocenters. The van der Waals surface area contributed by atoms with Crippen molar-refractivity contribution < 1.29 is 16.8 Å². The van der Waals surface area contributed by atoms with Gasteiger partial charge in [-0.2, -0.15) is 0 Å². The summed E-state index contributed by atoms with van der Waals surface area (Å²) in [5, 5.41) is 0. The molecule has 0 bridgehead atoms. The standard InChI is InChI=1S/C3H9IN2O4S2/c1-11(7,8)5-2-3-6-12(4,9)10/h5-6H,2-3H2,1H3. The molecule has 0 aliphatic carbocycles. The van der Waals surface area contributed by atoms with Crippen LogP contribution in [0.1, 0.15) is 0 Å². The van der Waals surface area contributed by atoms with E-state index >= 15 is 0 Å². The summed E-state index contributed by atoms with van der Waals surface area (Å²) in [5.41, 5.74) is 0. The molecule has 6 nitrogen and oxygen atoms in total. The normalized spacial score (nSPS) is 13.2. The fraction of sp³-hybridized carbons (Fsp3) is 1.00. The molecule has 0 saturated carbocycles. The summed E-state index contributed by atoms with van der Waals surface area (Å²) in [6.07, 6.45) is 1.01. The van der Waals surface area contributed by atoms with E-state index in [1.807, 2.05) is 0 Å². The smallest absolute Gasteiger partial charge is 0.214 e. The molecule has 0 amide bonds. The third-order valence-corrected chi connectivity index (χ3v) is 2.98. The van der Waals surface area contributed by atoms with Crippen molar-refractivity contribution in [2.24, 2.45) is 0 Å². The molecule has 0 aromatic carbocycles. The maximum Gasteiger partial charge on any atom is 0.265 e. The molecule has 0 fully saturated rings. The highest BCUT2D eigenvalue weighted by atomic mass is 127. The summed E-state index contributed by atoms with van der Waals surface area (Å²) in [6.45, 7) is 0.111. The Morgan fingerprint density at radius 3 is 1.83 bits per heavy atom. The van der Waals surface area contributed by atoms with E-state index in [4.69, 9.17) is 0 Å². The second-order valence-corrected chi connectivity index (χ2v) is 8.47. The largest absolute Gasteiger partial charge is 0.265 e. The number of nitrogens with one attached hydrogen (secondary N) is 2. The van der Waals surface area contributed by atoms with Crippen molar-refractivity contribution >= 4 is 38.4 Å². The summed E-state index contributed by atoms with van der Waals surface area (Å²) in [7, 11) is -6.49. The number of rotatable bonds is 5. The van der Waals surface area contributed by atoms with Gasteiger partial charge in [-0.25, -0.2) is 26.3 Å². The van der Waals surface area contributed by atoms with Gasteiger partial charge in [0.25, 0.3) is 7.19 Å². The Bertz CT molecular complexity index is 286. The molecule has 0 aromatic rings. The molecule has 0 aliphatic heterocycles. The predicted octanol–water partition coefficient (Wildman–Crippen LogP) is -1.19. The first-order chi connectivity index (χ1) is 5.21. The Kier molecular flexibility index (Phi) is 4.91. The fourth-order valence-corrected chi connectivity index (χ4v) is 1.89. The minimum Gasteiger partial charge on any atom is -0.214 e. The Labute approximate surface area is 83.8 Å². The molecule has 0 spiro atoms. The van der Waals surface area contributed by atoms with Gasteiger partial charge in [0.1, 0.15) is 0 Å². The molecular weight excluding hydrogens is 319 g/mol. The lowest BCUT2D eigenvalue weighted by atomic mass is 10.7. The van der Waals surface area contributed by atoms with Crippen molar-refractivity contribution in [2.75, 3.05) is 19.3 Å². The lowest BCUT2D eigenvalue weighted by Crippen LogP contribution is -2.32. The zero-order valence-corrected chi connectivity index (χ0v) is 10.0. The minimum atomic E-state index is -3.26. The molecule has 0 atom stereocenters. The molecule has 12 heavy (non-hydrogen) atoms. The Hall–Kier alpha value is 0.550. The van der Waals surface area contributed by atoms with Gasteiger partial charge in [0.15, 0.2) is 0 Å². The van der Waals surface area contributed by atoms with E-state index in [1.54, 1.807) is 0 Å². The topological polar surface area (TPSA) is 92.3 Å². The van der Waals surface area contributed by atoms with Gasteiger partial charge in [-0.05, 0) is 0 Å². The quantitative estimate of drug-likeness (QED) is 0.377. The van der Waals surface area contributed by atoms with Crippen molar-refractivity contribution in [1.29, 1.82) is 0 Å². The van der Waals surface area contributed by atoms with Gasteiger partial charge in [-0.3, -0.25) is 0 Å². The van der Waals surface area contributed by atoms with Crippen LogP contribution in [0.5, 0.6) is 0 Å². The van der Waals surface area contributed by atoms with Crippen LogP contribution in [-0.2, 0) is 17.2 Å². The van der Waals surface area contributed by atoms with E-state index in [0.29, 0.717) is 0 Å². The van der Waals surface area contributed by atoms with Crippen LogP contribution in [0.4, 0.5) is 0 Å². The van der Waals surface area contributed by atoms with Crippen molar-refractivity contribution in [3.63, 3.8) is 0 Å². The Morgan fingerprint density at radius 1 is 1.08 bits per heavy atom. The summed E-state index contributed by atoms with van der Waals surface area (Å²) in [6, 6.07) is 0. The van der Waals surface area contributed by atoms with Crippen molar-refractivity contribution in [3.05, 3.63) is 0 Å². The highest BCUT2D eigenvalue weighted by Gasteiger charge is 2.03. The first-order valence-electron chi connectivity index (χ1n) is 2.84. The van der Waals surface area contributed by atoms with Crippen LogP contribution >= 0.6 is 21.2 Å². The highest BCUT2D eigenvalue weighted by Crippen LogP contribution is 1.92. The molecule has 74 valence electrons. The molecule has 0 aromatic heterocycles. The third kappa shape index (κ3) is 10.6. The summed E-state index contributed by atoms with van der Waals surface area (Å²) >= 11 is 1.22. The van der Waals surface area contributed by atoms with Crippen LogP contribution in [-0.4, -0.2) is 36.2 Å². The molecule has 0 radical (unpaired) electrons. The van der Waals surface area contributed by atoms with Crippen molar-refractivity contribution in [2.45, 2.75) is 0 Å². The monoisotopic (exact) mass is 328 g/mol. The van der Waals surface area contributed by atoms with Crippen LogP contribution < -0.4 is 9.44 Å². The maximum absolute atomic E-state index is 10.5. The van der Waals surface area contributed by atoms with Crippen molar-refractivity contribution in [3.8, 4) is 0 Å². The van der Waals surface area contributed by atoms with Gasteiger partial charge in [0.2, 0.25) is 10.0 Å². The van der Waals surface area contributed by atoms with Gasteiger partial charge in [0, 0.05) is 13.1 Å². The number of hydrogen-bond donors (Lipinski definition) is 2. The molecular formula is C3H9IN2O4S2. The van der Waals surface area contributed by atoms with E-state index < -0.39 is 17.2 Å². The molecule has 0 saturated heterocycles. The average molecular weight is 328 g/mol. The molecule has 2 N–H and O–H groups in total. The van der Waals surface area contributed by atoms with E-state index in [-0.39, 0.29) is 13.1 Å². The maximum atomic E-state index is 10.5. The number of hydrogen-bond acceptors (Lipinski definition) is 4. The molecule has 9 heteroatoms. The Morgan fingerprint density at radius 2 is 1.50 bits per heavy atom. The van der Waals surface area contributed by atoms with E-state index in [0.717, 1.165) is 6.26 Å². The van der Waals surface area contributed by atoms with Crippen LogP contribution in [0.15, 0.2) is 0 Å². The van der Waals surface area contributed by atoms with Crippen LogP contribution in [0.2, 0.25) is 0 Å². The molecule has 0 rings (SSSR count). The van der Waals surface area contributed by atoms with Gasteiger partial charge in [-0.15, -0.1) is 0 Å². The Balaban J connectivity index is 3.62. The molecule has 0 heterocycles. The van der Waals surface area contributed by atoms with Crippen LogP contribution in [0, 0.1) is 0 Å². The van der Waals surface area contributed by atoms with Gasteiger partial charge in [0.05, 0.1) is 27.5 Å².